The minimum atomic E-state index is -1.24. The number of benzene rings is 2. The Morgan fingerprint density at radius 2 is 1.96 bits per heavy atom. The first-order chi connectivity index (χ1) is 12.4. The van der Waals surface area contributed by atoms with Crippen LogP contribution in [0.15, 0.2) is 46.9 Å². The molecule has 0 radical (unpaired) electrons. The molecule has 0 saturated heterocycles. The largest absolute Gasteiger partial charge is 0.467 e. The molecule has 26 heavy (non-hydrogen) atoms. The van der Waals surface area contributed by atoms with Gasteiger partial charge in [-0.05, 0) is 36.8 Å². The normalized spacial score (nSPS) is 12.0. The molecule has 2 aromatic carbocycles. The van der Waals surface area contributed by atoms with E-state index in [0.29, 0.717) is 0 Å². The van der Waals surface area contributed by atoms with E-state index >= 15 is 0 Å². The van der Waals surface area contributed by atoms with Gasteiger partial charge in [0.2, 0.25) is 0 Å². The number of halogens is 2. The number of ether oxygens (including phenoxy) is 1. The number of aromatic nitrogens is 1. The van der Waals surface area contributed by atoms with E-state index in [9.17, 15) is 14.0 Å². The van der Waals surface area contributed by atoms with Gasteiger partial charge < -0.3 is 15.0 Å². The molecule has 1 aromatic heterocycles. The number of aryl methyl sites for hydroxylation is 1. The zero-order valence-corrected chi connectivity index (χ0v) is 15.7. The van der Waals surface area contributed by atoms with Crippen molar-refractivity contribution in [1.29, 1.82) is 0 Å². The summed E-state index contributed by atoms with van der Waals surface area (Å²) < 4.78 is 19.7. The lowest BCUT2D eigenvalue weighted by Gasteiger charge is -2.17. The van der Waals surface area contributed by atoms with Crippen LogP contribution in [0, 0.1) is 12.7 Å². The van der Waals surface area contributed by atoms with Crippen molar-refractivity contribution in [3.63, 3.8) is 0 Å². The van der Waals surface area contributed by atoms with Crippen LogP contribution >= 0.6 is 15.9 Å². The van der Waals surface area contributed by atoms with Gasteiger partial charge in [-0.2, -0.15) is 0 Å². The molecule has 3 rings (SSSR count). The molecule has 1 atom stereocenters. The molecule has 0 aliphatic carbocycles. The van der Waals surface area contributed by atoms with Crippen LogP contribution in [-0.4, -0.2) is 24.0 Å². The van der Waals surface area contributed by atoms with Gasteiger partial charge in [-0.1, -0.05) is 34.1 Å². The van der Waals surface area contributed by atoms with Crippen molar-refractivity contribution < 1.29 is 18.7 Å². The number of carbonyl (C=O) groups excluding carboxylic acids is 2. The molecule has 2 N–H and O–H groups in total. The van der Waals surface area contributed by atoms with Gasteiger partial charge in [0.25, 0.3) is 5.91 Å². The van der Waals surface area contributed by atoms with Crippen molar-refractivity contribution in [2.75, 3.05) is 7.11 Å². The van der Waals surface area contributed by atoms with E-state index in [-0.39, 0.29) is 11.3 Å². The average molecular weight is 419 g/mol. The van der Waals surface area contributed by atoms with Crippen LogP contribution in [0.2, 0.25) is 0 Å². The van der Waals surface area contributed by atoms with Gasteiger partial charge in [-0.3, -0.25) is 4.79 Å². The third-order valence-electron chi connectivity index (χ3n) is 4.06. The lowest BCUT2D eigenvalue weighted by molar-refractivity contribution is -0.143. The van der Waals surface area contributed by atoms with Gasteiger partial charge in [-0.25, -0.2) is 9.18 Å². The highest BCUT2D eigenvalue weighted by Gasteiger charge is 2.27. The first kappa shape index (κ1) is 18.1. The quantitative estimate of drug-likeness (QED) is 0.628. The number of rotatable bonds is 4. The van der Waals surface area contributed by atoms with E-state index in [2.05, 4.69) is 26.2 Å². The summed E-state index contributed by atoms with van der Waals surface area (Å²) >= 11 is 3.42. The first-order valence-corrected chi connectivity index (χ1v) is 8.62. The van der Waals surface area contributed by atoms with Crippen LogP contribution in [-0.2, 0) is 9.53 Å². The van der Waals surface area contributed by atoms with E-state index in [1.807, 2.05) is 19.1 Å². The highest BCUT2D eigenvalue weighted by Crippen LogP contribution is 2.25. The molecule has 0 saturated carbocycles. The molecule has 0 spiro atoms. The summed E-state index contributed by atoms with van der Waals surface area (Å²) in [7, 11) is 1.19. The van der Waals surface area contributed by atoms with E-state index < -0.39 is 23.7 Å². The van der Waals surface area contributed by atoms with Crippen LogP contribution in [0.1, 0.15) is 27.7 Å². The minimum absolute atomic E-state index is 0.0442. The van der Waals surface area contributed by atoms with Crippen molar-refractivity contribution in [2.45, 2.75) is 13.0 Å². The number of esters is 1. The first-order valence-electron chi connectivity index (χ1n) is 7.82. The standard InChI is InChI=1S/C19H16BrFN2O3/c1-10-7-12(20)8-11-9-15(22-16(10)11)18(24)23-17(19(25)26-2)13-5-3-4-6-14(13)21/h3-9,17,22H,1-2H3,(H,23,24). The average Bonchev–Trinajstić information content (AvgIpc) is 3.04. The van der Waals surface area contributed by atoms with Gasteiger partial charge in [0, 0.05) is 20.9 Å². The summed E-state index contributed by atoms with van der Waals surface area (Å²) in [6.45, 7) is 1.92. The smallest absolute Gasteiger partial charge is 0.333 e. The Bertz CT molecular complexity index is 1000. The maximum Gasteiger partial charge on any atom is 0.333 e. The van der Waals surface area contributed by atoms with Crippen molar-refractivity contribution in [1.82, 2.24) is 10.3 Å². The van der Waals surface area contributed by atoms with Crippen molar-refractivity contribution in [3.05, 3.63) is 69.6 Å². The zero-order chi connectivity index (χ0) is 18.8. The lowest BCUT2D eigenvalue weighted by Crippen LogP contribution is -2.35. The second-order valence-electron chi connectivity index (χ2n) is 5.82. The topological polar surface area (TPSA) is 71.2 Å². The number of amides is 1. The molecular formula is C19H16BrFN2O3. The summed E-state index contributed by atoms with van der Waals surface area (Å²) in [4.78, 5) is 27.8. The van der Waals surface area contributed by atoms with Gasteiger partial charge in [0.1, 0.15) is 11.5 Å². The molecule has 0 aliphatic heterocycles. The summed E-state index contributed by atoms with van der Waals surface area (Å²) in [5.41, 5.74) is 2.10. The lowest BCUT2D eigenvalue weighted by atomic mass is 10.1. The Kier molecular flexibility index (Phi) is 5.08. The van der Waals surface area contributed by atoms with Crippen LogP contribution in [0.25, 0.3) is 10.9 Å². The summed E-state index contributed by atoms with van der Waals surface area (Å²) in [6, 6.07) is 10.00. The summed E-state index contributed by atoms with van der Waals surface area (Å²) in [5, 5.41) is 3.39. The fourth-order valence-electron chi connectivity index (χ4n) is 2.80. The summed E-state index contributed by atoms with van der Waals surface area (Å²) in [5.74, 6) is -1.88. The Morgan fingerprint density at radius 3 is 2.65 bits per heavy atom. The Labute approximate surface area is 157 Å². The van der Waals surface area contributed by atoms with Gasteiger partial charge >= 0.3 is 5.97 Å². The highest BCUT2D eigenvalue weighted by atomic mass is 79.9. The number of hydrogen-bond donors (Lipinski definition) is 2. The van der Waals surface area contributed by atoms with Gasteiger partial charge in [0.05, 0.1) is 7.11 Å². The summed E-state index contributed by atoms with van der Waals surface area (Å²) in [6.07, 6.45) is 0. The van der Waals surface area contributed by atoms with Crippen LogP contribution < -0.4 is 5.32 Å². The van der Waals surface area contributed by atoms with Crippen LogP contribution in [0.5, 0.6) is 0 Å². The molecule has 0 fully saturated rings. The number of fused-ring (bicyclic) bond motifs is 1. The van der Waals surface area contributed by atoms with E-state index in [1.54, 1.807) is 12.1 Å². The number of hydrogen-bond acceptors (Lipinski definition) is 3. The predicted molar refractivity (Wildman–Crippen MR) is 99.4 cm³/mol. The monoisotopic (exact) mass is 418 g/mol. The third-order valence-corrected chi connectivity index (χ3v) is 4.52. The number of methoxy groups -OCH3 is 1. The number of carbonyl (C=O) groups is 2. The predicted octanol–water partition coefficient (Wildman–Crippen LogP) is 4.02. The zero-order valence-electron chi connectivity index (χ0n) is 14.1. The van der Waals surface area contributed by atoms with Crippen molar-refractivity contribution in [3.8, 4) is 0 Å². The molecule has 7 heteroatoms. The minimum Gasteiger partial charge on any atom is -0.467 e. The molecule has 1 unspecified atom stereocenters. The van der Waals surface area contributed by atoms with Crippen LogP contribution in [0.3, 0.4) is 0 Å². The second-order valence-corrected chi connectivity index (χ2v) is 6.74. The third kappa shape index (κ3) is 3.48. The molecule has 3 aromatic rings. The maximum atomic E-state index is 14.1. The van der Waals surface area contributed by atoms with Gasteiger partial charge in [-0.15, -0.1) is 0 Å². The Hall–Kier alpha value is -2.67. The van der Waals surface area contributed by atoms with E-state index in [1.165, 1.54) is 25.3 Å². The SMILES string of the molecule is COC(=O)C(NC(=O)c1cc2cc(Br)cc(C)c2[nH]1)c1ccccc1F. The van der Waals surface area contributed by atoms with E-state index in [4.69, 9.17) is 4.74 Å². The molecule has 0 aliphatic rings. The second kappa shape index (κ2) is 7.29. The van der Waals surface area contributed by atoms with Crippen molar-refractivity contribution in [2.24, 2.45) is 0 Å². The van der Waals surface area contributed by atoms with E-state index in [0.717, 1.165) is 20.9 Å². The Balaban J connectivity index is 1.94. The molecule has 1 heterocycles. The fourth-order valence-corrected chi connectivity index (χ4v) is 3.39. The number of nitrogens with one attached hydrogen (secondary N) is 2. The number of aromatic amines is 1. The van der Waals surface area contributed by atoms with Crippen LogP contribution in [0.4, 0.5) is 4.39 Å². The highest BCUT2D eigenvalue weighted by molar-refractivity contribution is 9.10. The molecular weight excluding hydrogens is 403 g/mol. The molecule has 5 nitrogen and oxygen atoms in total. The molecule has 134 valence electrons. The molecule has 1 amide bonds. The number of H-pyrrole nitrogens is 1. The van der Waals surface area contributed by atoms with Crippen molar-refractivity contribution >= 4 is 38.7 Å². The van der Waals surface area contributed by atoms with Gasteiger partial charge in [0.15, 0.2) is 6.04 Å². The molecule has 0 bridgehead atoms. The maximum absolute atomic E-state index is 14.1. The fraction of sp³-hybridized carbons (Fsp3) is 0.158. The Morgan fingerprint density at radius 1 is 1.23 bits per heavy atom.